The van der Waals surface area contributed by atoms with Crippen LogP contribution in [0, 0.1) is 11.8 Å². The molecule has 0 aliphatic rings. The van der Waals surface area contributed by atoms with Crippen LogP contribution in [0.15, 0.2) is 53.5 Å². The van der Waals surface area contributed by atoms with Crippen LogP contribution in [-0.4, -0.2) is 33.2 Å². The van der Waals surface area contributed by atoms with Crippen LogP contribution in [0.1, 0.15) is 16.7 Å². The summed E-state index contributed by atoms with van der Waals surface area (Å²) < 4.78 is 43.4. The number of nitrogens with zero attached hydrogens (tertiary/aromatic N) is 1. The lowest BCUT2D eigenvalue weighted by Crippen LogP contribution is -2.38. The van der Waals surface area contributed by atoms with Crippen LogP contribution >= 0.6 is 0 Å². The summed E-state index contributed by atoms with van der Waals surface area (Å²) in [7, 11) is 3.27. The van der Waals surface area contributed by atoms with Gasteiger partial charge in [0.1, 0.15) is 5.75 Å². The molecule has 0 aromatic heterocycles. The minimum absolute atomic E-state index is 0.255. The van der Waals surface area contributed by atoms with Crippen molar-refractivity contribution in [2.24, 2.45) is 4.99 Å². The quantitative estimate of drug-likeness (QED) is 0.468. The van der Waals surface area contributed by atoms with Gasteiger partial charge in [0.25, 0.3) is 0 Å². The van der Waals surface area contributed by atoms with E-state index in [-0.39, 0.29) is 6.54 Å². The van der Waals surface area contributed by atoms with E-state index in [2.05, 4.69) is 27.5 Å². The number of guanidine groups is 1. The van der Waals surface area contributed by atoms with E-state index >= 15 is 0 Å². The van der Waals surface area contributed by atoms with Crippen molar-refractivity contribution >= 4 is 5.96 Å². The van der Waals surface area contributed by atoms with Crippen molar-refractivity contribution < 1.29 is 17.9 Å². The summed E-state index contributed by atoms with van der Waals surface area (Å²) in [4.78, 5) is 4.10. The zero-order chi connectivity index (χ0) is 20.4. The zero-order valence-corrected chi connectivity index (χ0v) is 15.7. The van der Waals surface area contributed by atoms with Crippen LogP contribution in [0.5, 0.6) is 5.75 Å². The van der Waals surface area contributed by atoms with Gasteiger partial charge < -0.3 is 15.4 Å². The Morgan fingerprint density at radius 2 is 1.89 bits per heavy atom. The molecule has 0 aliphatic carbocycles. The van der Waals surface area contributed by atoms with Crippen molar-refractivity contribution in [1.29, 1.82) is 0 Å². The summed E-state index contributed by atoms with van der Waals surface area (Å²) in [6, 6.07) is 12.7. The first kappa shape index (κ1) is 21.2. The third-order valence-electron chi connectivity index (χ3n) is 3.87. The van der Waals surface area contributed by atoms with E-state index in [1.165, 1.54) is 6.07 Å². The van der Waals surface area contributed by atoms with Crippen molar-refractivity contribution in [3.05, 3.63) is 65.2 Å². The van der Waals surface area contributed by atoms with E-state index in [1.807, 2.05) is 24.3 Å². The van der Waals surface area contributed by atoms with E-state index in [1.54, 1.807) is 20.2 Å². The van der Waals surface area contributed by atoms with Gasteiger partial charge in [-0.25, -0.2) is 0 Å². The molecule has 0 spiro atoms. The summed E-state index contributed by atoms with van der Waals surface area (Å²) in [5.41, 5.74) is 0.689. The minimum Gasteiger partial charge on any atom is -0.496 e. The summed E-state index contributed by atoms with van der Waals surface area (Å²) >= 11 is 0. The first-order valence-electron chi connectivity index (χ1n) is 8.66. The fourth-order valence-corrected chi connectivity index (χ4v) is 2.49. The second kappa shape index (κ2) is 10.3. The van der Waals surface area contributed by atoms with Gasteiger partial charge >= 0.3 is 6.18 Å². The van der Waals surface area contributed by atoms with Crippen LogP contribution in [0.25, 0.3) is 0 Å². The maximum atomic E-state index is 12.7. The molecular weight excluding hydrogens is 367 g/mol. The second-order valence-corrected chi connectivity index (χ2v) is 5.79. The predicted molar refractivity (Wildman–Crippen MR) is 104 cm³/mol. The lowest BCUT2D eigenvalue weighted by atomic mass is 10.1. The summed E-state index contributed by atoms with van der Waals surface area (Å²) in [5.74, 6) is 6.92. The van der Waals surface area contributed by atoms with Gasteiger partial charge in [-0.3, -0.25) is 4.99 Å². The first-order chi connectivity index (χ1) is 13.4. The number of nitrogens with one attached hydrogen (secondary N) is 2. The Morgan fingerprint density at radius 3 is 2.61 bits per heavy atom. The van der Waals surface area contributed by atoms with Crippen molar-refractivity contribution in [2.45, 2.75) is 12.6 Å². The summed E-state index contributed by atoms with van der Waals surface area (Å²) in [5, 5.41) is 6.17. The molecule has 0 saturated heterocycles. The molecule has 0 atom stereocenters. The first-order valence-corrected chi connectivity index (χ1v) is 8.66. The molecule has 28 heavy (non-hydrogen) atoms. The number of ether oxygens (including phenoxy) is 1. The number of benzene rings is 2. The van der Waals surface area contributed by atoms with Crippen LogP contribution in [0.4, 0.5) is 13.2 Å². The molecule has 0 radical (unpaired) electrons. The summed E-state index contributed by atoms with van der Waals surface area (Å²) in [6.07, 6.45) is -3.62. The van der Waals surface area contributed by atoms with Crippen molar-refractivity contribution in [3.63, 3.8) is 0 Å². The van der Waals surface area contributed by atoms with E-state index in [0.29, 0.717) is 18.1 Å². The Balaban J connectivity index is 1.83. The van der Waals surface area contributed by atoms with Gasteiger partial charge in [0.15, 0.2) is 5.96 Å². The Morgan fingerprint density at radius 1 is 1.11 bits per heavy atom. The van der Waals surface area contributed by atoms with Gasteiger partial charge in [-0.2, -0.15) is 13.2 Å². The Hall–Kier alpha value is -3.14. The predicted octanol–water partition coefficient (Wildman–Crippen LogP) is 3.47. The van der Waals surface area contributed by atoms with Crippen LogP contribution < -0.4 is 15.4 Å². The molecule has 0 aliphatic heterocycles. The number of hydrogen-bond acceptors (Lipinski definition) is 2. The third-order valence-corrected chi connectivity index (χ3v) is 3.87. The highest BCUT2D eigenvalue weighted by atomic mass is 19.4. The smallest absolute Gasteiger partial charge is 0.416 e. The second-order valence-electron chi connectivity index (χ2n) is 5.79. The summed E-state index contributed by atoms with van der Waals surface area (Å²) in [6.45, 7) is 0.895. The third kappa shape index (κ3) is 6.54. The van der Waals surface area contributed by atoms with Crippen molar-refractivity contribution in [2.75, 3.05) is 27.2 Å². The SMILES string of the molecule is CN=C(NCC#Cc1cccc(C(F)(F)F)c1)NCCc1ccccc1OC. The van der Waals surface area contributed by atoms with Gasteiger partial charge in [0.05, 0.1) is 19.2 Å². The highest BCUT2D eigenvalue weighted by Crippen LogP contribution is 2.29. The molecule has 0 heterocycles. The topological polar surface area (TPSA) is 45.7 Å². The Bertz CT molecular complexity index is 867. The van der Waals surface area contributed by atoms with Crippen LogP contribution in [0.2, 0.25) is 0 Å². The van der Waals surface area contributed by atoms with E-state index in [4.69, 9.17) is 4.74 Å². The van der Waals surface area contributed by atoms with Gasteiger partial charge in [0, 0.05) is 19.2 Å². The fourth-order valence-electron chi connectivity index (χ4n) is 2.49. The number of halogens is 3. The normalized spacial score (nSPS) is 11.4. The standard InChI is InChI=1S/C21H22F3N3O/c1-25-20(27-14-12-17-9-3-4-11-19(17)28-2)26-13-6-8-16-7-5-10-18(15-16)21(22,23)24/h3-5,7,9-11,15H,12-14H2,1-2H3,(H2,25,26,27). The van der Waals surface area contributed by atoms with Crippen molar-refractivity contribution in [1.82, 2.24) is 10.6 Å². The van der Waals surface area contributed by atoms with Crippen molar-refractivity contribution in [3.8, 4) is 17.6 Å². The van der Waals surface area contributed by atoms with E-state index in [9.17, 15) is 13.2 Å². The largest absolute Gasteiger partial charge is 0.496 e. The van der Waals surface area contributed by atoms with Crippen LogP contribution in [-0.2, 0) is 12.6 Å². The molecule has 0 saturated carbocycles. The number of aliphatic imine (C=N–C) groups is 1. The molecule has 0 fully saturated rings. The highest BCUT2D eigenvalue weighted by Gasteiger charge is 2.30. The maximum absolute atomic E-state index is 12.7. The molecule has 2 N–H and O–H groups in total. The monoisotopic (exact) mass is 389 g/mol. The number of methoxy groups -OCH3 is 1. The molecule has 0 amide bonds. The highest BCUT2D eigenvalue weighted by molar-refractivity contribution is 5.79. The van der Waals surface area contributed by atoms with Gasteiger partial charge in [0.2, 0.25) is 0 Å². The molecule has 0 unspecified atom stereocenters. The molecular formula is C21H22F3N3O. The van der Waals surface area contributed by atoms with E-state index < -0.39 is 11.7 Å². The Kier molecular flexibility index (Phi) is 7.76. The van der Waals surface area contributed by atoms with E-state index in [0.717, 1.165) is 29.9 Å². The molecule has 7 heteroatoms. The average Bonchev–Trinajstić information content (AvgIpc) is 2.69. The van der Waals surface area contributed by atoms with Crippen LogP contribution in [0.3, 0.4) is 0 Å². The molecule has 4 nitrogen and oxygen atoms in total. The van der Waals surface area contributed by atoms with Gasteiger partial charge in [-0.05, 0) is 36.2 Å². The fraction of sp³-hybridized carbons (Fsp3) is 0.286. The lowest BCUT2D eigenvalue weighted by Gasteiger charge is -2.11. The molecule has 0 bridgehead atoms. The Labute approximate surface area is 162 Å². The number of rotatable bonds is 5. The number of hydrogen-bond donors (Lipinski definition) is 2. The molecule has 148 valence electrons. The van der Waals surface area contributed by atoms with Gasteiger partial charge in [-0.1, -0.05) is 36.1 Å². The molecule has 2 aromatic carbocycles. The molecule has 2 rings (SSSR count). The van der Waals surface area contributed by atoms with Gasteiger partial charge in [-0.15, -0.1) is 0 Å². The number of para-hydroxylation sites is 1. The maximum Gasteiger partial charge on any atom is 0.416 e. The minimum atomic E-state index is -4.37. The number of alkyl halides is 3. The average molecular weight is 389 g/mol. The zero-order valence-electron chi connectivity index (χ0n) is 15.7. The molecule has 2 aromatic rings. The lowest BCUT2D eigenvalue weighted by molar-refractivity contribution is -0.137.